The van der Waals surface area contributed by atoms with Gasteiger partial charge in [-0.15, -0.1) is 0 Å². The topological polar surface area (TPSA) is 18.5 Å². The molecule has 0 radical (unpaired) electrons. The Hall–Kier alpha value is -0.710. The standard InChI is InChI=1S/C15H13Br2ClO2/c16-10-11-3-1-6-14(18)15(11)20-8-7-19-13-5-2-4-12(17)9-13/h1-6,9H,7-8,10H2. The van der Waals surface area contributed by atoms with Crippen molar-refractivity contribution in [1.82, 2.24) is 0 Å². The lowest BCUT2D eigenvalue weighted by atomic mass is 10.2. The molecule has 0 spiro atoms. The molecule has 0 amide bonds. The van der Waals surface area contributed by atoms with Crippen LogP contribution in [0.15, 0.2) is 46.9 Å². The third kappa shape index (κ3) is 4.40. The van der Waals surface area contributed by atoms with Crippen molar-refractivity contribution in [2.75, 3.05) is 13.2 Å². The van der Waals surface area contributed by atoms with Crippen molar-refractivity contribution >= 4 is 43.5 Å². The molecule has 0 aromatic heterocycles. The summed E-state index contributed by atoms with van der Waals surface area (Å²) in [5.74, 6) is 1.52. The first-order valence-electron chi connectivity index (χ1n) is 6.05. The second kappa shape index (κ2) is 7.91. The molecule has 0 atom stereocenters. The van der Waals surface area contributed by atoms with Gasteiger partial charge in [0, 0.05) is 15.4 Å². The van der Waals surface area contributed by atoms with Crippen molar-refractivity contribution in [3.63, 3.8) is 0 Å². The van der Waals surface area contributed by atoms with Crippen molar-refractivity contribution < 1.29 is 9.47 Å². The molecule has 2 rings (SSSR count). The molecule has 2 aromatic carbocycles. The van der Waals surface area contributed by atoms with Crippen LogP contribution in [-0.4, -0.2) is 13.2 Å². The Balaban J connectivity index is 1.87. The molecule has 2 nitrogen and oxygen atoms in total. The lowest BCUT2D eigenvalue weighted by Crippen LogP contribution is -2.10. The number of rotatable bonds is 6. The number of ether oxygens (including phenoxy) is 2. The molecule has 0 saturated heterocycles. The van der Waals surface area contributed by atoms with E-state index in [9.17, 15) is 0 Å². The van der Waals surface area contributed by atoms with Crippen LogP contribution < -0.4 is 9.47 Å². The van der Waals surface area contributed by atoms with Gasteiger partial charge < -0.3 is 9.47 Å². The highest BCUT2D eigenvalue weighted by Gasteiger charge is 2.07. The summed E-state index contributed by atoms with van der Waals surface area (Å²) in [6.45, 7) is 0.902. The van der Waals surface area contributed by atoms with Crippen molar-refractivity contribution in [3.8, 4) is 11.5 Å². The van der Waals surface area contributed by atoms with Crippen molar-refractivity contribution in [1.29, 1.82) is 0 Å². The first kappa shape index (κ1) is 15.7. The smallest absolute Gasteiger partial charge is 0.142 e. The molecular formula is C15H13Br2ClO2. The van der Waals surface area contributed by atoms with Gasteiger partial charge in [-0.2, -0.15) is 0 Å². The summed E-state index contributed by atoms with van der Waals surface area (Å²) in [6, 6.07) is 13.4. The largest absolute Gasteiger partial charge is 0.490 e. The molecule has 0 aliphatic carbocycles. The van der Waals surface area contributed by atoms with E-state index >= 15 is 0 Å². The summed E-state index contributed by atoms with van der Waals surface area (Å²) in [5.41, 5.74) is 1.03. The third-order valence-electron chi connectivity index (χ3n) is 2.59. The van der Waals surface area contributed by atoms with Gasteiger partial charge in [0.05, 0.1) is 5.02 Å². The lowest BCUT2D eigenvalue weighted by molar-refractivity contribution is 0.216. The van der Waals surface area contributed by atoms with E-state index in [4.69, 9.17) is 21.1 Å². The molecule has 0 bridgehead atoms. The van der Waals surface area contributed by atoms with Gasteiger partial charge in [0.2, 0.25) is 0 Å². The number of hydrogen-bond acceptors (Lipinski definition) is 2. The van der Waals surface area contributed by atoms with E-state index in [-0.39, 0.29) is 0 Å². The molecule has 0 saturated carbocycles. The molecule has 0 unspecified atom stereocenters. The fourth-order valence-corrected chi connectivity index (χ4v) is 2.75. The van der Waals surface area contributed by atoms with Gasteiger partial charge in [0.25, 0.3) is 0 Å². The number of hydrogen-bond donors (Lipinski definition) is 0. The number of para-hydroxylation sites is 1. The number of alkyl halides is 1. The minimum absolute atomic E-state index is 0.441. The molecule has 5 heteroatoms. The number of benzene rings is 2. The van der Waals surface area contributed by atoms with Crippen LogP contribution in [0.1, 0.15) is 5.56 Å². The lowest BCUT2D eigenvalue weighted by Gasteiger charge is -2.12. The van der Waals surface area contributed by atoms with Crippen LogP contribution in [0.25, 0.3) is 0 Å². The summed E-state index contributed by atoms with van der Waals surface area (Å²) < 4.78 is 12.3. The third-order valence-corrected chi connectivity index (χ3v) is 3.98. The Bertz CT molecular complexity index is 576. The Labute approximate surface area is 140 Å². The van der Waals surface area contributed by atoms with Crippen molar-refractivity contribution in [2.24, 2.45) is 0 Å². The molecule has 2 aromatic rings. The zero-order chi connectivity index (χ0) is 14.4. The first-order valence-corrected chi connectivity index (χ1v) is 8.34. The van der Waals surface area contributed by atoms with E-state index in [0.29, 0.717) is 29.3 Å². The van der Waals surface area contributed by atoms with Crippen LogP contribution in [-0.2, 0) is 5.33 Å². The quantitative estimate of drug-likeness (QED) is 0.457. The second-order valence-electron chi connectivity index (χ2n) is 4.02. The maximum Gasteiger partial charge on any atom is 0.142 e. The average molecular weight is 421 g/mol. The van der Waals surface area contributed by atoms with E-state index in [1.165, 1.54) is 0 Å². The molecular weight excluding hydrogens is 407 g/mol. The Morgan fingerprint density at radius 2 is 1.75 bits per heavy atom. The van der Waals surface area contributed by atoms with Gasteiger partial charge in [-0.3, -0.25) is 0 Å². The van der Waals surface area contributed by atoms with Gasteiger partial charge in [-0.1, -0.05) is 61.7 Å². The molecule has 106 valence electrons. The Kier molecular flexibility index (Phi) is 6.20. The molecule has 0 fully saturated rings. The molecule has 0 aliphatic rings. The van der Waals surface area contributed by atoms with E-state index < -0.39 is 0 Å². The minimum atomic E-state index is 0.441. The molecule has 20 heavy (non-hydrogen) atoms. The van der Waals surface area contributed by atoms with E-state index in [0.717, 1.165) is 15.8 Å². The van der Waals surface area contributed by atoms with Gasteiger partial charge in [-0.05, 0) is 24.3 Å². The predicted molar refractivity (Wildman–Crippen MR) is 89.2 cm³/mol. The SMILES string of the molecule is Clc1cccc(CBr)c1OCCOc1cccc(Br)c1. The predicted octanol–water partition coefficient (Wildman–Crippen LogP) is 5.46. The van der Waals surface area contributed by atoms with Gasteiger partial charge in [-0.25, -0.2) is 0 Å². The van der Waals surface area contributed by atoms with Crippen LogP contribution in [0, 0.1) is 0 Å². The van der Waals surface area contributed by atoms with Crippen LogP contribution >= 0.6 is 43.5 Å². The normalized spacial score (nSPS) is 10.3. The monoisotopic (exact) mass is 418 g/mol. The van der Waals surface area contributed by atoms with Gasteiger partial charge in [0.1, 0.15) is 24.7 Å². The highest BCUT2D eigenvalue weighted by molar-refractivity contribution is 9.10. The molecule has 0 N–H and O–H groups in total. The molecule has 0 heterocycles. The van der Waals surface area contributed by atoms with Crippen LogP contribution in [0.4, 0.5) is 0 Å². The summed E-state index contributed by atoms with van der Waals surface area (Å²) >= 11 is 13.0. The summed E-state index contributed by atoms with van der Waals surface area (Å²) in [7, 11) is 0. The van der Waals surface area contributed by atoms with E-state index in [1.54, 1.807) is 0 Å². The van der Waals surface area contributed by atoms with Crippen molar-refractivity contribution in [2.45, 2.75) is 5.33 Å². The zero-order valence-electron chi connectivity index (χ0n) is 10.6. The fourth-order valence-electron chi connectivity index (χ4n) is 1.68. The maximum absolute atomic E-state index is 6.13. The second-order valence-corrected chi connectivity index (χ2v) is 5.90. The summed E-state index contributed by atoms with van der Waals surface area (Å²) in [5, 5.41) is 1.32. The Morgan fingerprint density at radius 3 is 2.50 bits per heavy atom. The van der Waals surface area contributed by atoms with E-state index in [2.05, 4.69) is 31.9 Å². The van der Waals surface area contributed by atoms with E-state index in [1.807, 2.05) is 42.5 Å². The molecule has 0 aliphatic heterocycles. The van der Waals surface area contributed by atoms with Crippen LogP contribution in [0.5, 0.6) is 11.5 Å². The first-order chi connectivity index (χ1) is 9.70. The number of halogens is 3. The summed E-state index contributed by atoms with van der Waals surface area (Å²) in [4.78, 5) is 0. The summed E-state index contributed by atoms with van der Waals surface area (Å²) in [6.07, 6.45) is 0. The van der Waals surface area contributed by atoms with Gasteiger partial charge in [0.15, 0.2) is 0 Å². The zero-order valence-corrected chi connectivity index (χ0v) is 14.5. The Morgan fingerprint density at radius 1 is 1.00 bits per heavy atom. The highest BCUT2D eigenvalue weighted by Crippen LogP contribution is 2.30. The van der Waals surface area contributed by atoms with Crippen LogP contribution in [0.3, 0.4) is 0 Å². The van der Waals surface area contributed by atoms with Crippen molar-refractivity contribution in [3.05, 3.63) is 57.5 Å². The minimum Gasteiger partial charge on any atom is -0.490 e. The highest BCUT2D eigenvalue weighted by atomic mass is 79.9. The fraction of sp³-hybridized carbons (Fsp3) is 0.200. The average Bonchev–Trinajstić information content (AvgIpc) is 2.45. The van der Waals surface area contributed by atoms with Crippen LogP contribution in [0.2, 0.25) is 5.02 Å². The van der Waals surface area contributed by atoms with Gasteiger partial charge >= 0.3 is 0 Å². The maximum atomic E-state index is 6.13.